The highest BCUT2D eigenvalue weighted by molar-refractivity contribution is 6.51. The summed E-state index contributed by atoms with van der Waals surface area (Å²) in [7, 11) is 7.35. The van der Waals surface area contributed by atoms with Crippen molar-refractivity contribution < 1.29 is 38.4 Å². The summed E-state index contributed by atoms with van der Waals surface area (Å²) in [5.74, 6) is -0.316. The van der Waals surface area contributed by atoms with Crippen LogP contribution >= 0.6 is 0 Å². The van der Waals surface area contributed by atoms with Gasteiger partial charge in [-0.3, -0.25) is 14.5 Å². The summed E-state index contributed by atoms with van der Waals surface area (Å²) in [6, 6.07) is 14.3. The maximum Gasteiger partial charge on any atom is 0.300 e. The van der Waals surface area contributed by atoms with Gasteiger partial charge in [0.05, 0.1) is 52.7 Å². The van der Waals surface area contributed by atoms with Gasteiger partial charge in [0, 0.05) is 5.69 Å². The molecular weight excluding hydrogens is 490 g/mol. The zero-order chi connectivity index (χ0) is 27.6. The minimum absolute atomic E-state index is 0.127. The number of amides is 1. The molecule has 0 spiro atoms. The third-order valence-corrected chi connectivity index (χ3v) is 6.39. The van der Waals surface area contributed by atoms with E-state index in [9.17, 15) is 14.7 Å². The van der Waals surface area contributed by atoms with Gasteiger partial charge in [-0.05, 0) is 60.5 Å². The van der Waals surface area contributed by atoms with Gasteiger partial charge in [0.1, 0.15) is 17.3 Å². The van der Waals surface area contributed by atoms with Gasteiger partial charge in [0.2, 0.25) is 5.75 Å². The predicted octanol–water partition coefficient (Wildman–Crippen LogP) is 4.66. The second kappa shape index (κ2) is 10.8. The third kappa shape index (κ3) is 4.47. The molecule has 1 atom stereocenters. The van der Waals surface area contributed by atoms with Gasteiger partial charge in [0.25, 0.3) is 11.7 Å². The molecule has 1 unspecified atom stereocenters. The summed E-state index contributed by atoms with van der Waals surface area (Å²) in [5, 5.41) is 11.6. The Morgan fingerprint density at radius 1 is 0.789 bits per heavy atom. The Balaban J connectivity index is 2.06. The summed E-state index contributed by atoms with van der Waals surface area (Å²) in [4.78, 5) is 28.5. The first kappa shape index (κ1) is 26.4. The van der Waals surface area contributed by atoms with Crippen molar-refractivity contribution in [2.24, 2.45) is 0 Å². The number of hydrogen-bond acceptors (Lipinski definition) is 8. The Kier molecular flexibility index (Phi) is 7.47. The van der Waals surface area contributed by atoms with Crippen LogP contribution in [-0.4, -0.2) is 52.3 Å². The monoisotopic (exact) mass is 519 g/mol. The van der Waals surface area contributed by atoms with E-state index in [0.717, 1.165) is 5.56 Å². The Hall–Kier alpha value is -4.66. The predicted molar refractivity (Wildman–Crippen MR) is 142 cm³/mol. The highest BCUT2D eigenvalue weighted by atomic mass is 16.5. The molecule has 4 rings (SSSR count). The number of carbonyl (C=O) groups is 2. The summed E-state index contributed by atoms with van der Waals surface area (Å²) in [5.41, 5.74) is 1.91. The van der Waals surface area contributed by atoms with Crippen molar-refractivity contribution in [3.63, 3.8) is 0 Å². The summed E-state index contributed by atoms with van der Waals surface area (Å²) < 4.78 is 27.3. The quantitative estimate of drug-likeness (QED) is 0.260. The van der Waals surface area contributed by atoms with Crippen LogP contribution in [0.25, 0.3) is 5.76 Å². The van der Waals surface area contributed by atoms with E-state index in [-0.39, 0.29) is 11.1 Å². The van der Waals surface area contributed by atoms with Crippen molar-refractivity contribution in [2.45, 2.75) is 13.0 Å². The van der Waals surface area contributed by atoms with Gasteiger partial charge in [-0.1, -0.05) is 12.1 Å². The van der Waals surface area contributed by atoms with Crippen LogP contribution in [0.3, 0.4) is 0 Å². The van der Waals surface area contributed by atoms with Crippen molar-refractivity contribution in [3.05, 3.63) is 76.9 Å². The molecule has 1 heterocycles. The molecule has 1 aliphatic rings. The van der Waals surface area contributed by atoms with E-state index in [1.807, 2.05) is 13.0 Å². The Morgan fingerprint density at radius 2 is 1.45 bits per heavy atom. The van der Waals surface area contributed by atoms with E-state index in [0.29, 0.717) is 40.0 Å². The zero-order valence-electron chi connectivity index (χ0n) is 22.0. The largest absolute Gasteiger partial charge is 0.507 e. The van der Waals surface area contributed by atoms with Gasteiger partial charge in [0.15, 0.2) is 11.5 Å². The highest BCUT2D eigenvalue weighted by Gasteiger charge is 2.47. The highest BCUT2D eigenvalue weighted by Crippen LogP contribution is 2.48. The van der Waals surface area contributed by atoms with Crippen LogP contribution in [0.2, 0.25) is 0 Å². The van der Waals surface area contributed by atoms with Crippen LogP contribution in [0.15, 0.2) is 60.2 Å². The standard InChI is InChI=1S/C29H29NO8/c1-16-8-7-9-18(12-16)30-25(17-13-22(36-4)28(38-6)23(14-17)37-5)24(27(32)29(30)33)26(31)20-15-19(34-2)10-11-21(20)35-3/h7-15,25,31H,1-6H3/b26-24+. The van der Waals surface area contributed by atoms with Crippen LogP contribution < -0.4 is 28.6 Å². The fourth-order valence-corrected chi connectivity index (χ4v) is 4.60. The molecule has 3 aromatic carbocycles. The molecule has 1 fully saturated rings. The van der Waals surface area contributed by atoms with Crippen LogP contribution in [0.1, 0.15) is 22.7 Å². The number of Topliss-reactive ketones (excluding diaryl/α,β-unsaturated/α-hetero) is 1. The number of ether oxygens (including phenoxy) is 5. The SMILES string of the molecule is COc1ccc(OC)c(/C(O)=C2\C(=O)C(=O)N(c3cccc(C)c3)C2c2cc(OC)c(OC)c(OC)c2)c1. The van der Waals surface area contributed by atoms with Gasteiger partial charge in [-0.25, -0.2) is 0 Å². The van der Waals surface area contributed by atoms with Gasteiger partial charge in [-0.15, -0.1) is 0 Å². The van der Waals surface area contributed by atoms with Gasteiger partial charge in [-0.2, -0.15) is 0 Å². The van der Waals surface area contributed by atoms with Crippen LogP contribution in [-0.2, 0) is 9.59 Å². The van der Waals surface area contributed by atoms with E-state index < -0.39 is 23.5 Å². The molecule has 0 saturated carbocycles. The lowest BCUT2D eigenvalue weighted by atomic mass is 9.94. The summed E-state index contributed by atoms with van der Waals surface area (Å²) in [6.07, 6.45) is 0. The smallest absolute Gasteiger partial charge is 0.300 e. The number of aliphatic hydroxyl groups is 1. The molecule has 9 nitrogen and oxygen atoms in total. The number of methoxy groups -OCH3 is 5. The molecule has 38 heavy (non-hydrogen) atoms. The molecule has 0 bridgehead atoms. The first-order valence-electron chi connectivity index (χ1n) is 11.7. The topological polar surface area (TPSA) is 104 Å². The molecule has 1 N–H and O–H groups in total. The minimum atomic E-state index is -1.03. The van der Waals surface area contributed by atoms with Crippen molar-refractivity contribution in [2.75, 3.05) is 40.4 Å². The summed E-state index contributed by atoms with van der Waals surface area (Å²) >= 11 is 0. The average Bonchev–Trinajstić information content (AvgIpc) is 3.21. The number of anilines is 1. The molecular formula is C29H29NO8. The van der Waals surface area contributed by atoms with Crippen molar-refractivity contribution >= 4 is 23.1 Å². The lowest BCUT2D eigenvalue weighted by Gasteiger charge is -2.27. The maximum absolute atomic E-state index is 13.6. The van der Waals surface area contributed by atoms with Gasteiger partial charge >= 0.3 is 0 Å². The van der Waals surface area contributed by atoms with Crippen LogP contribution in [0, 0.1) is 6.92 Å². The second-order valence-electron chi connectivity index (χ2n) is 8.53. The number of ketones is 1. The van der Waals surface area contributed by atoms with Crippen LogP contribution in [0.5, 0.6) is 28.7 Å². The number of aryl methyl sites for hydroxylation is 1. The maximum atomic E-state index is 13.6. The fraction of sp³-hybridized carbons (Fsp3) is 0.241. The first-order chi connectivity index (χ1) is 18.3. The molecule has 0 aromatic heterocycles. The molecule has 1 amide bonds. The van der Waals surface area contributed by atoms with Crippen molar-refractivity contribution in [3.8, 4) is 28.7 Å². The lowest BCUT2D eigenvalue weighted by molar-refractivity contribution is -0.132. The van der Waals surface area contributed by atoms with Crippen molar-refractivity contribution in [1.82, 2.24) is 0 Å². The van der Waals surface area contributed by atoms with Crippen molar-refractivity contribution in [1.29, 1.82) is 0 Å². The van der Waals surface area contributed by atoms with E-state index in [1.165, 1.54) is 40.4 Å². The molecule has 3 aromatic rings. The molecule has 0 aliphatic carbocycles. The first-order valence-corrected chi connectivity index (χ1v) is 11.7. The third-order valence-electron chi connectivity index (χ3n) is 6.39. The molecule has 0 radical (unpaired) electrons. The number of nitrogens with zero attached hydrogens (tertiary/aromatic N) is 1. The Labute approximate surface area is 220 Å². The zero-order valence-corrected chi connectivity index (χ0v) is 22.0. The Bertz CT molecular complexity index is 1400. The second-order valence-corrected chi connectivity index (χ2v) is 8.53. The Morgan fingerprint density at radius 3 is 2.00 bits per heavy atom. The minimum Gasteiger partial charge on any atom is -0.507 e. The normalized spacial score (nSPS) is 16.4. The van der Waals surface area contributed by atoms with E-state index in [2.05, 4.69) is 0 Å². The number of carbonyl (C=O) groups excluding carboxylic acids is 2. The van der Waals surface area contributed by atoms with E-state index in [1.54, 1.807) is 48.5 Å². The number of rotatable bonds is 8. The molecule has 198 valence electrons. The van der Waals surface area contributed by atoms with Gasteiger partial charge < -0.3 is 28.8 Å². The van der Waals surface area contributed by atoms with Crippen LogP contribution in [0.4, 0.5) is 5.69 Å². The molecule has 9 heteroatoms. The van der Waals surface area contributed by atoms with E-state index in [4.69, 9.17) is 23.7 Å². The summed E-state index contributed by atoms with van der Waals surface area (Å²) in [6.45, 7) is 1.88. The number of aliphatic hydroxyl groups excluding tert-OH is 1. The fourth-order valence-electron chi connectivity index (χ4n) is 4.60. The molecule has 1 saturated heterocycles. The number of benzene rings is 3. The lowest BCUT2D eigenvalue weighted by Crippen LogP contribution is -2.29. The average molecular weight is 520 g/mol. The molecule has 1 aliphatic heterocycles. The number of hydrogen-bond donors (Lipinski definition) is 1. The van der Waals surface area contributed by atoms with E-state index >= 15 is 0 Å².